The highest BCUT2D eigenvalue weighted by Crippen LogP contribution is 2.36. The molecule has 2 fully saturated rings. The predicted molar refractivity (Wildman–Crippen MR) is 111 cm³/mol. The molecule has 2 aromatic rings. The van der Waals surface area contributed by atoms with Crippen LogP contribution < -0.4 is 26.0 Å². The molecule has 31 heavy (non-hydrogen) atoms. The molecule has 3 aliphatic heterocycles. The SMILES string of the molecule is COc1cc(F)cc(F)c1N1NC2C(CC1=O)NNC2c1ccc2c(c1)CN(C)CC2. The minimum absolute atomic E-state index is 0.0379. The van der Waals surface area contributed by atoms with Crippen LogP contribution in [0.1, 0.15) is 29.2 Å². The molecule has 3 aliphatic rings. The summed E-state index contributed by atoms with van der Waals surface area (Å²) in [6.45, 7) is 1.94. The Labute approximate surface area is 179 Å². The molecule has 3 unspecified atom stereocenters. The molecule has 164 valence electrons. The topological polar surface area (TPSA) is 68.9 Å². The Hall–Kier alpha value is -2.59. The van der Waals surface area contributed by atoms with Crippen LogP contribution >= 0.6 is 0 Å². The van der Waals surface area contributed by atoms with Gasteiger partial charge in [-0.05, 0) is 30.2 Å². The van der Waals surface area contributed by atoms with Crippen molar-refractivity contribution in [3.8, 4) is 5.75 Å². The van der Waals surface area contributed by atoms with Gasteiger partial charge in [0.05, 0.1) is 19.2 Å². The fourth-order valence-electron chi connectivity index (χ4n) is 4.76. The van der Waals surface area contributed by atoms with Crippen LogP contribution in [0.4, 0.5) is 14.5 Å². The zero-order valence-corrected chi connectivity index (χ0v) is 17.4. The third-order valence-corrected chi connectivity index (χ3v) is 6.37. The first-order valence-electron chi connectivity index (χ1n) is 10.4. The number of fused-ring (bicyclic) bond motifs is 2. The number of amides is 1. The van der Waals surface area contributed by atoms with Crippen LogP contribution in [0.2, 0.25) is 0 Å². The molecule has 0 bridgehead atoms. The van der Waals surface area contributed by atoms with E-state index in [1.807, 2.05) is 0 Å². The first-order chi connectivity index (χ1) is 14.9. The minimum Gasteiger partial charge on any atom is -0.494 e. The summed E-state index contributed by atoms with van der Waals surface area (Å²) < 4.78 is 33.5. The van der Waals surface area contributed by atoms with Crippen LogP contribution in [0.3, 0.4) is 0 Å². The summed E-state index contributed by atoms with van der Waals surface area (Å²) in [5.74, 6) is -1.99. The first-order valence-corrected chi connectivity index (χ1v) is 10.4. The van der Waals surface area contributed by atoms with E-state index in [0.717, 1.165) is 42.2 Å². The Morgan fingerprint density at radius 3 is 2.77 bits per heavy atom. The highest BCUT2D eigenvalue weighted by atomic mass is 19.1. The van der Waals surface area contributed by atoms with Gasteiger partial charge in [0.1, 0.15) is 17.3 Å². The Kier molecular flexibility index (Phi) is 5.13. The lowest BCUT2D eigenvalue weighted by Crippen LogP contribution is -2.60. The van der Waals surface area contributed by atoms with E-state index in [1.165, 1.54) is 18.2 Å². The molecule has 2 saturated heterocycles. The third kappa shape index (κ3) is 3.57. The molecule has 0 aliphatic carbocycles. The lowest BCUT2D eigenvalue weighted by atomic mass is 9.90. The van der Waals surface area contributed by atoms with Crippen LogP contribution in [0.25, 0.3) is 0 Å². The number of nitrogens with zero attached hydrogens (tertiary/aromatic N) is 2. The normalized spacial score (nSPS) is 26.0. The number of halogens is 2. The fourth-order valence-corrected chi connectivity index (χ4v) is 4.76. The number of likely N-dealkylation sites (N-methyl/N-ethyl adjacent to an activating group) is 1. The molecule has 3 atom stereocenters. The van der Waals surface area contributed by atoms with Gasteiger partial charge in [-0.3, -0.25) is 10.2 Å². The van der Waals surface area contributed by atoms with Gasteiger partial charge in [0.25, 0.3) is 0 Å². The van der Waals surface area contributed by atoms with Gasteiger partial charge in [0.2, 0.25) is 5.91 Å². The van der Waals surface area contributed by atoms with Gasteiger partial charge in [-0.25, -0.2) is 24.6 Å². The van der Waals surface area contributed by atoms with Crippen molar-refractivity contribution in [2.24, 2.45) is 0 Å². The molecule has 3 N–H and O–H groups in total. The minimum atomic E-state index is -0.858. The second-order valence-corrected chi connectivity index (χ2v) is 8.42. The van der Waals surface area contributed by atoms with Crippen LogP contribution in [0.5, 0.6) is 5.75 Å². The molecule has 0 saturated carbocycles. The zero-order chi connectivity index (χ0) is 21.7. The van der Waals surface area contributed by atoms with Crippen LogP contribution in [0, 0.1) is 11.6 Å². The molecule has 1 amide bonds. The molecule has 0 radical (unpaired) electrons. The Morgan fingerprint density at radius 2 is 1.97 bits per heavy atom. The second-order valence-electron chi connectivity index (χ2n) is 8.42. The van der Waals surface area contributed by atoms with E-state index >= 15 is 0 Å². The van der Waals surface area contributed by atoms with E-state index < -0.39 is 11.6 Å². The van der Waals surface area contributed by atoms with E-state index in [0.29, 0.717) is 0 Å². The van der Waals surface area contributed by atoms with Crippen molar-refractivity contribution in [3.63, 3.8) is 0 Å². The standard InChI is InChI=1S/C22H25F2N5O2/c1-28-6-5-12-3-4-13(7-14(12)11-28)20-21-17(25-26-20)10-19(30)29(27-21)22-16(24)8-15(23)9-18(22)31-2/h3-4,7-9,17,20-21,25-27H,5-6,10-11H2,1-2H3. The van der Waals surface area contributed by atoms with Gasteiger partial charge < -0.3 is 9.64 Å². The summed E-state index contributed by atoms with van der Waals surface area (Å²) in [7, 11) is 3.43. The van der Waals surface area contributed by atoms with Gasteiger partial charge in [-0.15, -0.1) is 0 Å². The number of hydrogen-bond acceptors (Lipinski definition) is 6. The summed E-state index contributed by atoms with van der Waals surface area (Å²) in [5.41, 5.74) is 13.3. The summed E-state index contributed by atoms with van der Waals surface area (Å²) in [4.78, 5) is 15.1. The molecule has 9 heteroatoms. The monoisotopic (exact) mass is 429 g/mol. The smallest absolute Gasteiger partial charge is 0.243 e. The fraction of sp³-hybridized carbons (Fsp3) is 0.409. The molecule has 3 heterocycles. The van der Waals surface area contributed by atoms with Gasteiger partial charge in [0.15, 0.2) is 5.82 Å². The van der Waals surface area contributed by atoms with Crippen molar-refractivity contribution < 1.29 is 18.3 Å². The molecular weight excluding hydrogens is 404 g/mol. The summed E-state index contributed by atoms with van der Waals surface area (Å²) in [6, 6.07) is 7.78. The van der Waals surface area contributed by atoms with Crippen molar-refractivity contribution in [3.05, 3.63) is 58.7 Å². The van der Waals surface area contributed by atoms with Crippen molar-refractivity contribution in [1.29, 1.82) is 0 Å². The van der Waals surface area contributed by atoms with Crippen LogP contribution in [0.15, 0.2) is 30.3 Å². The summed E-state index contributed by atoms with van der Waals surface area (Å²) >= 11 is 0. The van der Waals surface area contributed by atoms with Crippen molar-refractivity contribution >= 4 is 11.6 Å². The molecule has 2 aromatic carbocycles. The van der Waals surface area contributed by atoms with Crippen molar-refractivity contribution in [1.82, 2.24) is 21.2 Å². The average Bonchev–Trinajstić information content (AvgIpc) is 3.14. The Bertz CT molecular complexity index is 1030. The predicted octanol–water partition coefficient (Wildman–Crippen LogP) is 1.79. The number of hydrazine groups is 2. The number of methoxy groups -OCH3 is 1. The molecule has 5 rings (SSSR count). The number of rotatable bonds is 3. The summed E-state index contributed by atoms with van der Waals surface area (Å²) in [6.07, 6.45) is 1.19. The summed E-state index contributed by atoms with van der Waals surface area (Å²) in [5, 5.41) is 1.16. The number of carbonyl (C=O) groups is 1. The number of ether oxygens (including phenoxy) is 1. The van der Waals surface area contributed by atoms with Gasteiger partial charge in [-0.2, -0.15) is 0 Å². The van der Waals surface area contributed by atoms with E-state index in [-0.39, 0.29) is 41.9 Å². The molecule has 0 spiro atoms. The maximum absolute atomic E-state index is 14.7. The third-order valence-electron chi connectivity index (χ3n) is 6.37. The lowest BCUT2D eigenvalue weighted by molar-refractivity contribution is -0.121. The zero-order valence-electron chi connectivity index (χ0n) is 17.4. The number of benzene rings is 2. The van der Waals surface area contributed by atoms with Gasteiger partial charge in [0, 0.05) is 37.7 Å². The van der Waals surface area contributed by atoms with Crippen molar-refractivity contribution in [2.45, 2.75) is 37.5 Å². The van der Waals surface area contributed by atoms with E-state index in [9.17, 15) is 13.6 Å². The number of anilines is 1. The first kappa shape index (κ1) is 20.3. The lowest BCUT2D eigenvalue weighted by Gasteiger charge is -2.37. The maximum atomic E-state index is 14.7. The van der Waals surface area contributed by atoms with E-state index in [2.05, 4.69) is 46.4 Å². The number of nitrogens with one attached hydrogen (secondary N) is 3. The number of hydrogen-bond donors (Lipinski definition) is 3. The number of carbonyl (C=O) groups excluding carboxylic acids is 1. The van der Waals surface area contributed by atoms with Crippen LogP contribution in [-0.2, 0) is 17.8 Å². The molecule has 7 nitrogen and oxygen atoms in total. The maximum Gasteiger partial charge on any atom is 0.243 e. The average molecular weight is 429 g/mol. The largest absolute Gasteiger partial charge is 0.494 e. The quantitative estimate of drug-likeness (QED) is 0.691. The second kappa shape index (κ2) is 7.83. The van der Waals surface area contributed by atoms with E-state index in [1.54, 1.807) is 0 Å². The molecule has 0 aromatic heterocycles. The van der Waals surface area contributed by atoms with Gasteiger partial charge >= 0.3 is 0 Å². The Morgan fingerprint density at radius 1 is 1.13 bits per heavy atom. The Balaban J connectivity index is 1.46. The van der Waals surface area contributed by atoms with Crippen molar-refractivity contribution in [2.75, 3.05) is 25.7 Å². The van der Waals surface area contributed by atoms with Crippen LogP contribution in [-0.4, -0.2) is 43.6 Å². The molecular formula is C22H25F2N5O2. The van der Waals surface area contributed by atoms with Gasteiger partial charge in [-0.1, -0.05) is 18.2 Å². The van der Waals surface area contributed by atoms with E-state index in [4.69, 9.17) is 4.74 Å². The highest BCUT2D eigenvalue weighted by molar-refractivity contribution is 5.95. The highest BCUT2D eigenvalue weighted by Gasteiger charge is 2.45.